The Morgan fingerprint density at radius 1 is 1.17 bits per heavy atom. The lowest BCUT2D eigenvalue weighted by atomic mass is 9.99. The summed E-state index contributed by atoms with van der Waals surface area (Å²) in [6.45, 7) is 2.35. The van der Waals surface area contributed by atoms with Crippen molar-refractivity contribution in [1.29, 1.82) is 0 Å². The summed E-state index contributed by atoms with van der Waals surface area (Å²) in [5.74, 6) is 0.838. The Hall–Kier alpha value is -3.03. The molecule has 8 heteroatoms. The molecule has 1 unspecified atom stereocenters. The van der Waals surface area contributed by atoms with Gasteiger partial charge in [0.2, 0.25) is 5.91 Å². The molecule has 3 heterocycles. The maximum atomic E-state index is 13.0. The first kappa shape index (κ1) is 19.3. The number of anilines is 1. The summed E-state index contributed by atoms with van der Waals surface area (Å²) in [6.07, 6.45) is 7.29. The van der Waals surface area contributed by atoms with Crippen LogP contribution in [0.2, 0.25) is 0 Å². The fourth-order valence-corrected chi connectivity index (χ4v) is 3.96. The number of nitrogens with two attached hydrogens (primary N) is 1. The molecule has 1 aliphatic heterocycles. The number of hydrogen-bond acceptors (Lipinski definition) is 5. The molecule has 2 N–H and O–H groups in total. The van der Waals surface area contributed by atoms with Crippen molar-refractivity contribution in [2.75, 3.05) is 18.8 Å². The number of hydrogen-bond donors (Lipinski definition) is 1. The van der Waals surface area contributed by atoms with E-state index < -0.39 is 0 Å². The van der Waals surface area contributed by atoms with E-state index in [1.54, 1.807) is 6.33 Å². The van der Waals surface area contributed by atoms with E-state index in [0.29, 0.717) is 23.7 Å². The van der Waals surface area contributed by atoms with Gasteiger partial charge in [-0.25, -0.2) is 19.3 Å². The predicted molar refractivity (Wildman–Crippen MR) is 108 cm³/mol. The van der Waals surface area contributed by atoms with Crippen LogP contribution in [0.1, 0.15) is 31.2 Å². The number of halogens is 1. The van der Waals surface area contributed by atoms with Gasteiger partial charge in [-0.05, 0) is 49.3 Å². The third kappa shape index (κ3) is 4.52. The predicted octanol–water partition coefficient (Wildman–Crippen LogP) is 2.81. The third-order valence-electron chi connectivity index (χ3n) is 5.55. The van der Waals surface area contributed by atoms with E-state index in [-0.39, 0.29) is 11.7 Å². The number of rotatable bonds is 7. The van der Waals surface area contributed by atoms with Crippen LogP contribution in [0.25, 0.3) is 11.2 Å². The van der Waals surface area contributed by atoms with Crippen LogP contribution in [0, 0.1) is 11.7 Å². The number of imidazole rings is 1. The van der Waals surface area contributed by atoms with Gasteiger partial charge in [0.25, 0.3) is 0 Å². The van der Waals surface area contributed by atoms with Crippen molar-refractivity contribution in [3.05, 3.63) is 48.3 Å². The molecule has 1 aromatic carbocycles. The van der Waals surface area contributed by atoms with Gasteiger partial charge in [-0.2, -0.15) is 0 Å². The number of fused-ring (bicyclic) bond motifs is 1. The topological polar surface area (TPSA) is 89.9 Å². The molecule has 0 spiro atoms. The molecule has 29 heavy (non-hydrogen) atoms. The van der Waals surface area contributed by atoms with Crippen LogP contribution in [-0.2, 0) is 17.8 Å². The number of carbonyl (C=O) groups excluding carboxylic acids is 1. The molecule has 0 saturated carbocycles. The second-order valence-electron chi connectivity index (χ2n) is 7.65. The minimum Gasteiger partial charge on any atom is -0.382 e. The Kier molecular flexibility index (Phi) is 5.69. The van der Waals surface area contributed by atoms with E-state index in [2.05, 4.69) is 15.0 Å². The molecule has 0 radical (unpaired) electrons. The van der Waals surface area contributed by atoms with Crippen LogP contribution in [0.15, 0.2) is 36.9 Å². The van der Waals surface area contributed by atoms with Crippen molar-refractivity contribution < 1.29 is 9.18 Å². The van der Waals surface area contributed by atoms with Crippen molar-refractivity contribution in [1.82, 2.24) is 24.4 Å². The number of unbranched alkanes of at least 4 members (excludes halogenated alkanes) is 1. The summed E-state index contributed by atoms with van der Waals surface area (Å²) in [7, 11) is 0. The Labute approximate surface area is 168 Å². The lowest BCUT2D eigenvalue weighted by Gasteiger charge is -2.16. The van der Waals surface area contributed by atoms with Gasteiger partial charge in [-0.15, -0.1) is 0 Å². The maximum absolute atomic E-state index is 13.0. The number of aryl methyl sites for hydroxylation is 1. The molecular weight excluding hydrogens is 371 g/mol. The highest BCUT2D eigenvalue weighted by atomic mass is 19.1. The highest BCUT2D eigenvalue weighted by molar-refractivity contribution is 5.81. The number of likely N-dealkylation sites (tertiary alicyclic amines) is 1. The number of nitrogens with zero attached hydrogens (tertiary/aromatic N) is 5. The number of carbonyl (C=O) groups is 1. The van der Waals surface area contributed by atoms with Crippen molar-refractivity contribution in [3.63, 3.8) is 0 Å². The molecule has 1 aliphatic rings. The van der Waals surface area contributed by atoms with Crippen LogP contribution in [0.5, 0.6) is 0 Å². The van der Waals surface area contributed by atoms with Crippen LogP contribution in [-0.4, -0.2) is 43.4 Å². The summed E-state index contributed by atoms with van der Waals surface area (Å²) < 4.78 is 15.0. The smallest absolute Gasteiger partial charge is 0.222 e. The van der Waals surface area contributed by atoms with Gasteiger partial charge in [0.15, 0.2) is 11.5 Å². The SMILES string of the molecule is Nc1ncnc2c1ncn2CCCCC(=O)N1CCC(Cc2ccc(F)cc2)C1. The molecule has 1 saturated heterocycles. The van der Waals surface area contributed by atoms with Crippen molar-refractivity contribution in [2.45, 2.75) is 38.6 Å². The first-order valence-corrected chi connectivity index (χ1v) is 10.0. The van der Waals surface area contributed by atoms with Crippen molar-refractivity contribution >= 4 is 22.9 Å². The van der Waals surface area contributed by atoms with E-state index in [1.807, 2.05) is 21.6 Å². The third-order valence-corrected chi connectivity index (χ3v) is 5.55. The molecule has 7 nitrogen and oxygen atoms in total. The monoisotopic (exact) mass is 396 g/mol. The highest BCUT2D eigenvalue weighted by Gasteiger charge is 2.25. The molecule has 152 valence electrons. The Bertz CT molecular complexity index is 987. The van der Waals surface area contributed by atoms with Crippen LogP contribution < -0.4 is 5.73 Å². The largest absolute Gasteiger partial charge is 0.382 e. The molecule has 1 atom stereocenters. The minimum absolute atomic E-state index is 0.211. The molecule has 3 aromatic rings. The van der Waals surface area contributed by atoms with Crippen LogP contribution in [0.4, 0.5) is 10.2 Å². The first-order chi connectivity index (χ1) is 14.1. The molecule has 0 bridgehead atoms. The maximum Gasteiger partial charge on any atom is 0.222 e. The lowest BCUT2D eigenvalue weighted by molar-refractivity contribution is -0.130. The van der Waals surface area contributed by atoms with Gasteiger partial charge in [0.1, 0.15) is 17.7 Å². The summed E-state index contributed by atoms with van der Waals surface area (Å²) >= 11 is 0. The quantitative estimate of drug-likeness (QED) is 0.620. The van der Waals surface area contributed by atoms with Gasteiger partial charge >= 0.3 is 0 Å². The summed E-state index contributed by atoms with van der Waals surface area (Å²) in [5, 5.41) is 0. The number of benzene rings is 1. The van der Waals surface area contributed by atoms with E-state index in [9.17, 15) is 9.18 Å². The fraction of sp³-hybridized carbons (Fsp3) is 0.429. The second-order valence-corrected chi connectivity index (χ2v) is 7.65. The van der Waals surface area contributed by atoms with E-state index >= 15 is 0 Å². The fourth-order valence-electron chi connectivity index (χ4n) is 3.96. The standard InChI is InChI=1S/C21H25FN6O/c22-17-6-4-15(5-7-17)11-16-8-10-27(12-16)18(29)3-1-2-9-28-14-26-19-20(23)24-13-25-21(19)28/h4-7,13-14,16H,1-3,8-12H2,(H2,23,24,25). The zero-order chi connectivity index (χ0) is 20.2. The van der Waals surface area contributed by atoms with Gasteiger partial charge in [0, 0.05) is 26.1 Å². The van der Waals surface area contributed by atoms with Gasteiger partial charge in [-0.1, -0.05) is 12.1 Å². The lowest BCUT2D eigenvalue weighted by Crippen LogP contribution is -2.28. The average molecular weight is 396 g/mol. The van der Waals surface area contributed by atoms with E-state index in [0.717, 1.165) is 56.5 Å². The van der Waals surface area contributed by atoms with Crippen LogP contribution in [0.3, 0.4) is 0 Å². The number of nitrogen functional groups attached to an aromatic ring is 1. The average Bonchev–Trinajstić information content (AvgIpc) is 3.35. The molecule has 1 fully saturated rings. The first-order valence-electron chi connectivity index (χ1n) is 10.0. The summed E-state index contributed by atoms with van der Waals surface area (Å²) in [6, 6.07) is 6.66. The molecule has 2 aromatic heterocycles. The highest BCUT2D eigenvalue weighted by Crippen LogP contribution is 2.22. The Balaban J connectivity index is 1.21. The molecule has 4 rings (SSSR count). The number of amides is 1. The number of aromatic nitrogens is 4. The Morgan fingerprint density at radius 2 is 2.00 bits per heavy atom. The van der Waals surface area contributed by atoms with E-state index in [4.69, 9.17) is 5.73 Å². The summed E-state index contributed by atoms with van der Waals surface area (Å²) in [5.41, 5.74) is 8.28. The second kappa shape index (κ2) is 8.55. The van der Waals surface area contributed by atoms with Crippen LogP contribution >= 0.6 is 0 Å². The van der Waals surface area contributed by atoms with Crippen molar-refractivity contribution in [2.24, 2.45) is 5.92 Å². The molecular formula is C21H25FN6O. The zero-order valence-corrected chi connectivity index (χ0v) is 16.3. The summed E-state index contributed by atoms with van der Waals surface area (Å²) in [4.78, 5) is 26.9. The molecule has 1 amide bonds. The van der Waals surface area contributed by atoms with E-state index in [1.165, 1.54) is 18.5 Å². The normalized spacial score (nSPS) is 16.6. The molecule has 0 aliphatic carbocycles. The van der Waals surface area contributed by atoms with Gasteiger partial charge in [0.05, 0.1) is 6.33 Å². The minimum atomic E-state index is -0.211. The Morgan fingerprint density at radius 3 is 2.83 bits per heavy atom. The zero-order valence-electron chi connectivity index (χ0n) is 16.3. The van der Waals surface area contributed by atoms with Gasteiger partial charge in [-0.3, -0.25) is 4.79 Å². The van der Waals surface area contributed by atoms with Gasteiger partial charge < -0.3 is 15.2 Å². The van der Waals surface area contributed by atoms with Crippen molar-refractivity contribution in [3.8, 4) is 0 Å².